The van der Waals surface area contributed by atoms with E-state index in [9.17, 15) is 18.0 Å². The first-order chi connectivity index (χ1) is 7.72. The number of imide groups is 1. The summed E-state index contributed by atoms with van der Waals surface area (Å²) in [5.74, 6) is -0.520. The molecule has 0 saturated heterocycles. The predicted octanol–water partition coefficient (Wildman–Crippen LogP) is -1.90. The first-order valence-electron chi connectivity index (χ1n) is 5.00. The summed E-state index contributed by atoms with van der Waals surface area (Å²) in [6.45, 7) is 2.30. The molecule has 0 heterocycles. The molecular weight excluding hydrogens is 248 g/mol. The van der Waals surface area contributed by atoms with Crippen molar-refractivity contribution >= 4 is 22.0 Å². The number of primary amides is 1. The van der Waals surface area contributed by atoms with Crippen LogP contribution in [0.1, 0.15) is 13.3 Å². The van der Waals surface area contributed by atoms with E-state index in [2.05, 4.69) is 10.0 Å². The maximum Gasteiger partial charge on any atom is 0.318 e. The highest BCUT2D eigenvalue weighted by atomic mass is 32.2. The van der Waals surface area contributed by atoms with E-state index in [1.165, 1.54) is 0 Å². The minimum Gasteiger partial charge on any atom is -0.351 e. The average Bonchev–Trinajstić information content (AvgIpc) is 2.13. The number of sulfonamides is 1. The van der Waals surface area contributed by atoms with Crippen LogP contribution >= 0.6 is 0 Å². The molecule has 1 unspecified atom stereocenters. The number of hydrogen-bond acceptors (Lipinski definition) is 5. The van der Waals surface area contributed by atoms with Crippen molar-refractivity contribution in [1.82, 2.24) is 15.4 Å². The highest BCUT2D eigenvalue weighted by molar-refractivity contribution is 7.88. The van der Waals surface area contributed by atoms with Gasteiger partial charge in [-0.25, -0.2) is 17.9 Å². The van der Waals surface area contributed by atoms with Gasteiger partial charge in [0, 0.05) is 6.54 Å². The van der Waals surface area contributed by atoms with E-state index in [0.717, 1.165) is 6.26 Å². The number of carbonyl (C=O) groups excluding carboxylic acids is 2. The molecule has 3 amide bonds. The molecule has 0 saturated carbocycles. The zero-order chi connectivity index (χ0) is 13.5. The molecule has 9 heteroatoms. The zero-order valence-corrected chi connectivity index (χ0v) is 10.6. The third-order valence-electron chi connectivity index (χ3n) is 1.81. The van der Waals surface area contributed by atoms with Gasteiger partial charge in [0.15, 0.2) is 0 Å². The van der Waals surface area contributed by atoms with Gasteiger partial charge in [0.1, 0.15) is 0 Å². The van der Waals surface area contributed by atoms with Crippen LogP contribution < -0.4 is 21.1 Å². The van der Waals surface area contributed by atoms with E-state index in [-0.39, 0.29) is 6.54 Å². The average molecular weight is 266 g/mol. The Labute approximate surface area is 100 Å². The Morgan fingerprint density at radius 3 is 2.35 bits per heavy atom. The molecule has 0 aromatic heterocycles. The lowest BCUT2D eigenvalue weighted by atomic mass is 10.3. The molecule has 0 aromatic rings. The maximum atomic E-state index is 11.2. The van der Waals surface area contributed by atoms with Gasteiger partial charge in [-0.1, -0.05) is 0 Å². The molecule has 0 rings (SSSR count). The van der Waals surface area contributed by atoms with Crippen LogP contribution in [0.4, 0.5) is 4.79 Å². The molecule has 8 nitrogen and oxygen atoms in total. The number of rotatable bonds is 7. The number of urea groups is 1. The summed E-state index contributed by atoms with van der Waals surface area (Å²) in [6, 6.07) is -1.47. The predicted molar refractivity (Wildman–Crippen MR) is 62.7 cm³/mol. The summed E-state index contributed by atoms with van der Waals surface area (Å²) in [4.78, 5) is 21.6. The summed E-state index contributed by atoms with van der Waals surface area (Å²) in [7, 11) is -3.18. The van der Waals surface area contributed by atoms with Gasteiger partial charge in [-0.05, 0) is 19.9 Å². The Bertz CT molecular complexity index is 368. The maximum absolute atomic E-state index is 11.2. The fourth-order valence-corrected chi connectivity index (χ4v) is 1.50. The molecule has 0 aromatic carbocycles. The van der Waals surface area contributed by atoms with E-state index in [1.54, 1.807) is 6.92 Å². The number of amides is 3. The smallest absolute Gasteiger partial charge is 0.318 e. The van der Waals surface area contributed by atoms with Gasteiger partial charge in [-0.3, -0.25) is 10.1 Å². The van der Waals surface area contributed by atoms with Crippen LogP contribution in [-0.2, 0) is 14.8 Å². The molecule has 1 atom stereocenters. The molecule has 17 heavy (non-hydrogen) atoms. The number of nitrogens with one attached hydrogen (secondary N) is 3. The Balaban J connectivity index is 3.68. The molecule has 0 fully saturated rings. The van der Waals surface area contributed by atoms with Gasteiger partial charge < -0.3 is 11.1 Å². The molecule has 0 radical (unpaired) electrons. The Morgan fingerprint density at radius 1 is 1.29 bits per heavy atom. The van der Waals surface area contributed by atoms with E-state index in [0.29, 0.717) is 13.0 Å². The first kappa shape index (κ1) is 15.8. The third kappa shape index (κ3) is 9.72. The molecule has 0 spiro atoms. The van der Waals surface area contributed by atoms with Crippen LogP contribution in [0.2, 0.25) is 0 Å². The minimum absolute atomic E-state index is 0.288. The van der Waals surface area contributed by atoms with E-state index in [1.807, 2.05) is 5.32 Å². The summed E-state index contributed by atoms with van der Waals surface area (Å²) in [5.41, 5.74) is 4.78. The van der Waals surface area contributed by atoms with Crippen LogP contribution in [-0.4, -0.2) is 45.7 Å². The molecule has 5 N–H and O–H groups in total. The second kappa shape index (κ2) is 7.20. The van der Waals surface area contributed by atoms with Gasteiger partial charge in [0.2, 0.25) is 15.9 Å². The highest BCUT2D eigenvalue weighted by Crippen LogP contribution is 1.84. The second-order valence-corrected chi connectivity index (χ2v) is 5.38. The van der Waals surface area contributed by atoms with Crippen molar-refractivity contribution in [3.05, 3.63) is 0 Å². The van der Waals surface area contributed by atoms with Crippen molar-refractivity contribution in [2.45, 2.75) is 19.4 Å². The van der Waals surface area contributed by atoms with Crippen LogP contribution in [0, 0.1) is 0 Å². The van der Waals surface area contributed by atoms with Crippen LogP contribution in [0.3, 0.4) is 0 Å². The van der Waals surface area contributed by atoms with E-state index >= 15 is 0 Å². The summed E-state index contributed by atoms with van der Waals surface area (Å²) < 4.78 is 23.7. The first-order valence-corrected chi connectivity index (χ1v) is 6.90. The standard InChI is InChI=1S/C8H18N4O4S/c1-6(7(13)12-8(9)14)10-4-3-5-11-17(2,15)16/h6,10-11H,3-5H2,1-2H3,(H3,9,12,13,14). The highest BCUT2D eigenvalue weighted by Gasteiger charge is 2.12. The molecule has 0 bridgehead atoms. The van der Waals surface area contributed by atoms with Gasteiger partial charge in [-0.15, -0.1) is 0 Å². The fraction of sp³-hybridized carbons (Fsp3) is 0.750. The largest absolute Gasteiger partial charge is 0.351 e. The normalized spacial score (nSPS) is 13.1. The van der Waals surface area contributed by atoms with Gasteiger partial charge in [0.25, 0.3) is 0 Å². The summed E-state index contributed by atoms with van der Waals surface area (Å²) in [6.07, 6.45) is 1.60. The van der Waals surface area contributed by atoms with E-state index < -0.39 is 28.0 Å². The summed E-state index contributed by atoms with van der Waals surface area (Å²) >= 11 is 0. The SMILES string of the molecule is CC(NCCCNS(C)(=O)=O)C(=O)NC(N)=O. The van der Waals surface area contributed by atoms with Crippen molar-refractivity contribution in [3.63, 3.8) is 0 Å². The van der Waals surface area contributed by atoms with E-state index in [4.69, 9.17) is 5.73 Å². The second-order valence-electron chi connectivity index (χ2n) is 3.55. The van der Waals surface area contributed by atoms with Crippen molar-refractivity contribution in [2.24, 2.45) is 5.73 Å². The lowest BCUT2D eigenvalue weighted by Gasteiger charge is -2.12. The van der Waals surface area contributed by atoms with Crippen molar-refractivity contribution < 1.29 is 18.0 Å². The zero-order valence-electron chi connectivity index (χ0n) is 9.82. The molecule has 0 aliphatic heterocycles. The van der Waals surface area contributed by atoms with Crippen molar-refractivity contribution in [1.29, 1.82) is 0 Å². The monoisotopic (exact) mass is 266 g/mol. The lowest BCUT2D eigenvalue weighted by molar-refractivity contribution is -0.121. The molecule has 0 aliphatic rings. The fourth-order valence-electron chi connectivity index (χ4n) is 0.987. The van der Waals surface area contributed by atoms with Gasteiger partial charge in [-0.2, -0.15) is 0 Å². The topological polar surface area (TPSA) is 130 Å². The lowest BCUT2D eigenvalue weighted by Crippen LogP contribution is -2.46. The van der Waals surface area contributed by atoms with Crippen LogP contribution in [0.15, 0.2) is 0 Å². The number of hydrogen-bond donors (Lipinski definition) is 4. The summed E-state index contributed by atoms with van der Waals surface area (Å²) in [5, 5.41) is 4.75. The third-order valence-corrected chi connectivity index (χ3v) is 2.54. The Hall–Kier alpha value is -1.19. The molecule has 100 valence electrons. The van der Waals surface area contributed by atoms with Crippen molar-refractivity contribution in [3.8, 4) is 0 Å². The van der Waals surface area contributed by atoms with Crippen LogP contribution in [0.25, 0.3) is 0 Å². The Morgan fingerprint density at radius 2 is 1.88 bits per heavy atom. The quantitative estimate of drug-likeness (QED) is 0.400. The number of nitrogens with two attached hydrogens (primary N) is 1. The number of carbonyl (C=O) groups is 2. The molecule has 0 aliphatic carbocycles. The minimum atomic E-state index is -3.18. The van der Waals surface area contributed by atoms with Gasteiger partial charge >= 0.3 is 6.03 Å². The van der Waals surface area contributed by atoms with Crippen LogP contribution in [0.5, 0.6) is 0 Å². The Kier molecular flexibility index (Phi) is 6.69. The van der Waals surface area contributed by atoms with Crippen molar-refractivity contribution in [2.75, 3.05) is 19.3 Å². The molecular formula is C8H18N4O4S. The van der Waals surface area contributed by atoms with Gasteiger partial charge in [0.05, 0.1) is 12.3 Å².